The maximum Gasteiger partial charge on any atom is 0.309 e. The number of hydrogen-bond donors (Lipinski definition) is 3. The fourth-order valence-electron chi connectivity index (χ4n) is 2.90. The number of phenolic OH excluding ortho intramolecular Hbond substituents is 2. The highest BCUT2D eigenvalue weighted by Crippen LogP contribution is 2.25. The quantitative estimate of drug-likeness (QED) is 0.262. The number of amides is 1. The fourth-order valence-corrected chi connectivity index (χ4v) is 2.90. The Labute approximate surface area is 178 Å². The number of benzene rings is 3. The summed E-state index contributed by atoms with van der Waals surface area (Å²) in [6.45, 7) is 0. The summed E-state index contributed by atoms with van der Waals surface area (Å²) >= 11 is 0. The van der Waals surface area contributed by atoms with Crippen molar-refractivity contribution in [3.05, 3.63) is 96.3 Å². The van der Waals surface area contributed by atoms with Gasteiger partial charge in [0.05, 0.1) is 17.6 Å². The van der Waals surface area contributed by atoms with Crippen molar-refractivity contribution in [2.45, 2.75) is 0 Å². The molecule has 4 rings (SSSR count). The standard InChI is InChI=1S/C24H18N4O3/c29-21-12-11-16(13-22(21)30)15-25-28-24(31)23-26-19(17-7-3-1-4-8-17)14-20(27-23)18-9-5-2-6-10-18/h1-15,29-30H,(H,28,31). The largest absolute Gasteiger partial charge is 0.504 e. The van der Waals surface area contributed by atoms with Gasteiger partial charge in [0.1, 0.15) is 0 Å². The van der Waals surface area contributed by atoms with Gasteiger partial charge in [-0.1, -0.05) is 60.7 Å². The lowest BCUT2D eigenvalue weighted by atomic mass is 10.1. The zero-order valence-electron chi connectivity index (χ0n) is 16.3. The second kappa shape index (κ2) is 8.87. The number of hydrazone groups is 1. The molecule has 0 saturated carbocycles. The molecule has 0 unspecified atom stereocenters. The molecule has 3 aromatic carbocycles. The molecule has 0 spiro atoms. The molecular formula is C24H18N4O3. The molecular weight excluding hydrogens is 392 g/mol. The van der Waals surface area contributed by atoms with Gasteiger partial charge in [0.15, 0.2) is 11.5 Å². The van der Waals surface area contributed by atoms with Crippen molar-refractivity contribution in [3.8, 4) is 34.0 Å². The van der Waals surface area contributed by atoms with Gasteiger partial charge in [0, 0.05) is 11.1 Å². The minimum Gasteiger partial charge on any atom is -0.504 e. The molecule has 31 heavy (non-hydrogen) atoms. The number of hydrogen-bond acceptors (Lipinski definition) is 6. The van der Waals surface area contributed by atoms with Crippen LogP contribution in [-0.2, 0) is 0 Å². The van der Waals surface area contributed by atoms with E-state index >= 15 is 0 Å². The Kier molecular flexibility index (Phi) is 5.66. The average Bonchev–Trinajstić information content (AvgIpc) is 2.82. The van der Waals surface area contributed by atoms with Crippen LogP contribution in [0, 0.1) is 0 Å². The number of carbonyl (C=O) groups is 1. The van der Waals surface area contributed by atoms with Gasteiger partial charge < -0.3 is 10.2 Å². The SMILES string of the molecule is O=C(NN=Cc1ccc(O)c(O)c1)c1nc(-c2ccccc2)cc(-c2ccccc2)n1. The summed E-state index contributed by atoms with van der Waals surface area (Å²) in [6.07, 6.45) is 1.34. The van der Waals surface area contributed by atoms with Crippen LogP contribution in [0.25, 0.3) is 22.5 Å². The molecule has 1 heterocycles. The van der Waals surface area contributed by atoms with Crippen molar-refractivity contribution in [1.29, 1.82) is 0 Å². The van der Waals surface area contributed by atoms with Crippen LogP contribution >= 0.6 is 0 Å². The summed E-state index contributed by atoms with van der Waals surface area (Å²) in [7, 11) is 0. The first-order chi connectivity index (χ1) is 15.1. The number of nitrogens with one attached hydrogen (secondary N) is 1. The van der Waals surface area contributed by atoms with E-state index in [2.05, 4.69) is 20.5 Å². The third-order valence-corrected chi connectivity index (χ3v) is 4.45. The van der Waals surface area contributed by atoms with Crippen molar-refractivity contribution in [1.82, 2.24) is 15.4 Å². The molecule has 4 aromatic rings. The van der Waals surface area contributed by atoms with Gasteiger partial charge in [-0.25, -0.2) is 15.4 Å². The molecule has 7 heteroatoms. The number of aromatic hydroxyl groups is 2. The molecule has 0 aliphatic heterocycles. The van der Waals surface area contributed by atoms with Gasteiger partial charge in [0.2, 0.25) is 5.82 Å². The number of carbonyl (C=O) groups excluding carboxylic acids is 1. The predicted molar refractivity (Wildman–Crippen MR) is 118 cm³/mol. The Bertz CT molecular complexity index is 1180. The fraction of sp³-hybridized carbons (Fsp3) is 0. The highest BCUT2D eigenvalue weighted by molar-refractivity contribution is 5.92. The Balaban J connectivity index is 1.63. The molecule has 3 N–H and O–H groups in total. The van der Waals surface area contributed by atoms with Crippen LogP contribution in [0.3, 0.4) is 0 Å². The maximum atomic E-state index is 12.7. The molecule has 0 bridgehead atoms. The van der Waals surface area contributed by atoms with Crippen LogP contribution in [0.5, 0.6) is 11.5 Å². The monoisotopic (exact) mass is 410 g/mol. The van der Waals surface area contributed by atoms with E-state index in [1.54, 1.807) is 6.07 Å². The molecule has 0 radical (unpaired) electrons. The molecule has 7 nitrogen and oxygen atoms in total. The molecule has 0 saturated heterocycles. The number of phenols is 2. The van der Waals surface area contributed by atoms with Crippen molar-refractivity contribution >= 4 is 12.1 Å². The smallest absolute Gasteiger partial charge is 0.309 e. The average molecular weight is 410 g/mol. The third-order valence-electron chi connectivity index (χ3n) is 4.45. The van der Waals surface area contributed by atoms with E-state index in [9.17, 15) is 15.0 Å². The van der Waals surface area contributed by atoms with Gasteiger partial charge in [-0.3, -0.25) is 4.79 Å². The van der Waals surface area contributed by atoms with Crippen LogP contribution in [0.15, 0.2) is 90.0 Å². The van der Waals surface area contributed by atoms with Crippen molar-refractivity contribution in [2.24, 2.45) is 5.10 Å². The molecule has 1 amide bonds. The number of rotatable bonds is 5. The van der Waals surface area contributed by atoms with Crippen molar-refractivity contribution in [3.63, 3.8) is 0 Å². The molecule has 1 aromatic heterocycles. The normalized spacial score (nSPS) is 10.8. The van der Waals surface area contributed by atoms with Gasteiger partial charge in [0.25, 0.3) is 0 Å². The van der Waals surface area contributed by atoms with Crippen LogP contribution in [0.1, 0.15) is 16.2 Å². The van der Waals surface area contributed by atoms with Gasteiger partial charge >= 0.3 is 5.91 Å². The lowest BCUT2D eigenvalue weighted by molar-refractivity contribution is 0.0945. The summed E-state index contributed by atoms with van der Waals surface area (Å²) in [6, 6.07) is 25.1. The van der Waals surface area contributed by atoms with E-state index in [-0.39, 0.29) is 17.3 Å². The lowest BCUT2D eigenvalue weighted by Gasteiger charge is -2.08. The summed E-state index contributed by atoms with van der Waals surface area (Å²) in [5, 5.41) is 22.8. The third kappa shape index (κ3) is 4.73. The van der Waals surface area contributed by atoms with Crippen molar-refractivity contribution < 1.29 is 15.0 Å². The van der Waals surface area contributed by atoms with E-state index in [0.717, 1.165) is 11.1 Å². The number of nitrogens with zero attached hydrogens (tertiary/aromatic N) is 3. The van der Waals surface area contributed by atoms with E-state index in [0.29, 0.717) is 17.0 Å². The van der Waals surface area contributed by atoms with Crippen LogP contribution < -0.4 is 5.43 Å². The molecule has 152 valence electrons. The van der Waals surface area contributed by atoms with Crippen LogP contribution in [0.4, 0.5) is 0 Å². The molecule has 0 aliphatic carbocycles. The first kappa shape index (κ1) is 19.8. The Morgan fingerprint density at radius 2 is 1.35 bits per heavy atom. The van der Waals surface area contributed by atoms with Crippen LogP contribution in [0.2, 0.25) is 0 Å². The highest BCUT2D eigenvalue weighted by Gasteiger charge is 2.14. The summed E-state index contributed by atoms with van der Waals surface area (Å²) < 4.78 is 0. The zero-order chi connectivity index (χ0) is 21.6. The second-order valence-electron chi connectivity index (χ2n) is 6.64. The lowest BCUT2D eigenvalue weighted by Crippen LogP contribution is -2.21. The topological polar surface area (TPSA) is 108 Å². The maximum absolute atomic E-state index is 12.7. The highest BCUT2D eigenvalue weighted by atomic mass is 16.3. The van der Waals surface area contributed by atoms with E-state index in [1.807, 2.05) is 66.7 Å². The summed E-state index contributed by atoms with van der Waals surface area (Å²) in [5.74, 6) is -1.11. The van der Waals surface area contributed by atoms with Gasteiger partial charge in [-0.05, 0) is 29.8 Å². The van der Waals surface area contributed by atoms with Crippen LogP contribution in [-0.4, -0.2) is 32.3 Å². The number of aromatic nitrogens is 2. The van der Waals surface area contributed by atoms with Crippen molar-refractivity contribution in [2.75, 3.05) is 0 Å². The Morgan fingerprint density at radius 3 is 1.90 bits per heavy atom. The minimum absolute atomic E-state index is 0.0223. The van der Waals surface area contributed by atoms with E-state index in [1.165, 1.54) is 18.3 Å². The van der Waals surface area contributed by atoms with Gasteiger partial charge in [-0.15, -0.1) is 0 Å². The Morgan fingerprint density at radius 1 is 0.774 bits per heavy atom. The molecule has 0 fully saturated rings. The first-order valence-corrected chi connectivity index (χ1v) is 9.45. The second-order valence-corrected chi connectivity index (χ2v) is 6.64. The minimum atomic E-state index is -0.575. The van der Waals surface area contributed by atoms with Gasteiger partial charge in [-0.2, -0.15) is 5.10 Å². The summed E-state index contributed by atoms with van der Waals surface area (Å²) in [4.78, 5) is 21.5. The zero-order valence-corrected chi connectivity index (χ0v) is 16.3. The molecule has 0 aliphatic rings. The predicted octanol–water partition coefficient (Wildman–Crippen LogP) is 3.99. The molecule has 0 atom stereocenters. The summed E-state index contributed by atoms with van der Waals surface area (Å²) in [5.41, 5.74) is 5.86. The first-order valence-electron chi connectivity index (χ1n) is 9.45. The van der Waals surface area contributed by atoms with E-state index < -0.39 is 5.91 Å². The Hall–Kier alpha value is -4.52. The van der Waals surface area contributed by atoms with E-state index in [4.69, 9.17) is 0 Å².